The van der Waals surface area contributed by atoms with Gasteiger partial charge in [0, 0.05) is 12.7 Å². The van der Waals surface area contributed by atoms with E-state index >= 15 is 0 Å². The third-order valence-electron chi connectivity index (χ3n) is 2.80. The molecule has 2 rings (SSSR count). The number of aromatic nitrogens is 3. The van der Waals surface area contributed by atoms with Crippen molar-refractivity contribution in [2.45, 2.75) is 26.8 Å². The molecule has 0 bridgehead atoms. The van der Waals surface area contributed by atoms with Crippen LogP contribution in [0.15, 0.2) is 18.3 Å². The van der Waals surface area contributed by atoms with Crippen molar-refractivity contribution in [1.29, 1.82) is 0 Å². The number of nitrogen functional groups attached to an aromatic ring is 1. The van der Waals surface area contributed by atoms with Crippen molar-refractivity contribution < 1.29 is 9.13 Å². The van der Waals surface area contributed by atoms with Gasteiger partial charge in [-0.25, -0.2) is 4.98 Å². The van der Waals surface area contributed by atoms with Crippen LogP contribution in [0.2, 0.25) is 0 Å². The topological polar surface area (TPSA) is 86.0 Å². The normalized spacial score (nSPS) is 10.4. The van der Waals surface area contributed by atoms with Gasteiger partial charge in [-0.2, -0.15) is 14.4 Å². The van der Waals surface area contributed by atoms with E-state index in [1.807, 2.05) is 6.92 Å². The van der Waals surface area contributed by atoms with Gasteiger partial charge >= 0.3 is 6.01 Å². The van der Waals surface area contributed by atoms with E-state index in [2.05, 4.69) is 20.3 Å². The molecule has 0 atom stereocenters. The van der Waals surface area contributed by atoms with E-state index in [1.54, 1.807) is 13.0 Å². The summed E-state index contributed by atoms with van der Waals surface area (Å²) in [4.78, 5) is 12.0. The van der Waals surface area contributed by atoms with Crippen LogP contribution in [0.1, 0.15) is 24.6 Å². The first-order chi connectivity index (χ1) is 10.1. The summed E-state index contributed by atoms with van der Waals surface area (Å²) in [5.41, 5.74) is 7.89. The van der Waals surface area contributed by atoms with Gasteiger partial charge < -0.3 is 15.8 Å². The molecule has 112 valence electrons. The fourth-order valence-corrected chi connectivity index (χ4v) is 1.65. The maximum absolute atomic E-state index is 12.7. The van der Waals surface area contributed by atoms with Crippen LogP contribution < -0.4 is 15.8 Å². The first-order valence-corrected chi connectivity index (χ1v) is 6.71. The van der Waals surface area contributed by atoms with E-state index in [0.29, 0.717) is 36.4 Å². The van der Waals surface area contributed by atoms with Crippen LogP contribution in [0, 0.1) is 12.9 Å². The van der Waals surface area contributed by atoms with Crippen LogP contribution in [-0.4, -0.2) is 21.6 Å². The third-order valence-corrected chi connectivity index (χ3v) is 2.80. The lowest BCUT2D eigenvalue weighted by molar-refractivity contribution is 0.292. The predicted octanol–water partition coefficient (Wildman–Crippen LogP) is 2.30. The summed E-state index contributed by atoms with van der Waals surface area (Å²) in [5, 5.41) is 3.09. The van der Waals surface area contributed by atoms with Crippen molar-refractivity contribution in [3.8, 4) is 6.01 Å². The van der Waals surface area contributed by atoms with Crippen molar-refractivity contribution in [3.63, 3.8) is 0 Å². The molecule has 2 aromatic heterocycles. The molecule has 0 saturated carbocycles. The molecule has 0 fully saturated rings. The quantitative estimate of drug-likeness (QED) is 0.794. The number of nitrogens with two attached hydrogens (primary N) is 1. The van der Waals surface area contributed by atoms with E-state index in [1.165, 1.54) is 12.3 Å². The Labute approximate surface area is 122 Å². The number of pyridine rings is 1. The summed E-state index contributed by atoms with van der Waals surface area (Å²) >= 11 is 0. The van der Waals surface area contributed by atoms with E-state index in [9.17, 15) is 4.39 Å². The highest BCUT2D eigenvalue weighted by molar-refractivity contribution is 5.64. The van der Waals surface area contributed by atoms with Crippen LogP contribution in [0.5, 0.6) is 6.01 Å². The van der Waals surface area contributed by atoms with Gasteiger partial charge in [-0.1, -0.05) is 13.0 Å². The van der Waals surface area contributed by atoms with Crippen LogP contribution in [0.4, 0.5) is 15.9 Å². The maximum atomic E-state index is 12.7. The number of ether oxygens (including phenoxy) is 1. The van der Waals surface area contributed by atoms with E-state index < -0.39 is 5.95 Å². The van der Waals surface area contributed by atoms with Crippen LogP contribution in [0.25, 0.3) is 0 Å². The Hall–Kier alpha value is -2.44. The zero-order valence-electron chi connectivity index (χ0n) is 12.1. The third kappa shape index (κ3) is 4.01. The first-order valence-electron chi connectivity index (χ1n) is 6.71. The molecule has 2 aromatic rings. The van der Waals surface area contributed by atoms with Gasteiger partial charge in [-0.05, 0) is 25.0 Å². The van der Waals surface area contributed by atoms with Crippen molar-refractivity contribution in [1.82, 2.24) is 15.0 Å². The van der Waals surface area contributed by atoms with Crippen molar-refractivity contribution in [2.75, 3.05) is 17.7 Å². The second-order valence-electron chi connectivity index (χ2n) is 4.55. The molecule has 0 spiro atoms. The number of anilines is 2. The monoisotopic (exact) mass is 291 g/mol. The number of rotatable bonds is 6. The minimum atomic E-state index is -0.508. The highest BCUT2D eigenvalue weighted by atomic mass is 19.1. The van der Waals surface area contributed by atoms with E-state index in [-0.39, 0.29) is 0 Å². The Bertz CT molecular complexity index is 603. The number of hydrogen-bond acceptors (Lipinski definition) is 6. The summed E-state index contributed by atoms with van der Waals surface area (Å²) < 4.78 is 18.2. The lowest BCUT2D eigenvalue weighted by Gasteiger charge is -2.12. The highest BCUT2D eigenvalue weighted by Gasteiger charge is 2.09. The zero-order chi connectivity index (χ0) is 15.2. The molecule has 7 heteroatoms. The van der Waals surface area contributed by atoms with Crippen LogP contribution >= 0.6 is 0 Å². The molecule has 0 radical (unpaired) electrons. The smallest absolute Gasteiger partial charge is 0.318 e. The SMILES string of the molecule is CCCOc1nc(C)c(N)c(NCc2ccc(F)nc2)n1. The summed E-state index contributed by atoms with van der Waals surface area (Å²) in [6.07, 6.45) is 2.33. The molecule has 0 aliphatic carbocycles. The van der Waals surface area contributed by atoms with Gasteiger partial charge in [0.05, 0.1) is 18.0 Å². The predicted molar refractivity (Wildman–Crippen MR) is 78.5 cm³/mol. The Kier molecular flexibility index (Phi) is 4.86. The maximum Gasteiger partial charge on any atom is 0.318 e. The Morgan fingerprint density at radius 3 is 2.81 bits per heavy atom. The number of nitrogens with zero attached hydrogens (tertiary/aromatic N) is 3. The molecular weight excluding hydrogens is 273 g/mol. The molecule has 21 heavy (non-hydrogen) atoms. The van der Waals surface area contributed by atoms with Crippen LogP contribution in [0.3, 0.4) is 0 Å². The van der Waals surface area contributed by atoms with Crippen molar-refractivity contribution >= 4 is 11.5 Å². The Balaban J connectivity index is 2.10. The summed E-state index contributed by atoms with van der Waals surface area (Å²) in [6.45, 7) is 4.77. The lowest BCUT2D eigenvalue weighted by Crippen LogP contribution is -2.10. The highest BCUT2D eigenvalue weighted by Crippen LogP contribution is 2.22. The van der Waals surface area contributed by atoms with Gasteiger partial charge in [0.25, 0.3) is 0 Å². The lowest BCUT2D eigenvalue weighted by atomic mass is 10.3. The Morgan fingerprint density at radius 1 is 1.33 bits per heavy atom. The Morgan fingerprint density at radius 2 is 2.14 bits per heavy atom. The summed E-state index contributed by atoms with van der Waals surface area (Å²) in [5.74, 6) is -0.00988. The molecule has 0 amide bonds. The molecule has 0 unspecified atom stereocenters. The molecule has 2 heterocycles. The number of aryl methyl sites for hydroxylation is 1. The summed E-state index contributed by atoms with van der Waals surface area (Å²) in [7, 11) is 0. The van der Waals surface area contributed by atoms with Crippen molar-refractivity contribution in [2.24, 2.45) is 0 Å². The molecule has 0 aliphatic heterocycles. The largest absolute Gasteiger partial charge is 0.463 e. The summed E-state index contributed by atoms with van der Waals surface area (Å²) in [6, 6.07) is 3.25. The van der Waals surface area contributed by atoms with Crippen molar-refractivity contribution in [3.05, 3.63) is 35.5 Å². The molecule has 0 aromatic carbocycles. The van der Waals surface area contributed by atoms with E-state index in [4.69, 9.17) is 10.5 Å². The van der Waals surface area contributed by atoms with Gasteiger partial charge in [0.2, 0.25) is 5.95 Å². The standard InChI is InChI=1S/C14H18FN5O/c1-3-6-21-14-19-9(2)12(16)13(20-14)18-8-10-4-5-11(15)17-7-10/h4-5,7H,3,6,8,16H2,1-2H3,(H,18,19,20). The van der Waals surface area contributed by atoms with Gasteiger partial charge in [0.15, 0.2) is 5.82 Å². The minimum absolute atomic E-state index is 0.295. The average Bonchev–Trinajstić information content (AvgIpc) is 2.48. The van der Waals surface area contributed by atoms with Gasteiger partial charge in [-0.15, -0.1) is 0 Å². The van der Waals surface area contributed by atoms with E-state index in [0.717, 1.165) is 12.0 Å². The van der Waals surface area contributed by atoms with Crippen LogP contribution in [-0.2, 0) is 6.54 Å². The van der Waals surface area contributed by atoms with Gasteiger partial charge in [0.1, 0.15) is 0 Å². The van der Waals surface area contributed by atoms with Gasteiger partial charge in [-0.3, -0.25) is 0 Å². The molecule has 3 N–H and O–H groups in total. The molecular formula is C14H18FN5O. The zero-order valence-corrected chi connectivity index (χ0v) is 12.1. The molecule has 0 aliphatic rings. The molecule has 0 saturated heterocycles. The second-order valence-corrected chi connectivity index (χ2v) is 4.55. The first kappa shape index (κ1) is 15.0. The average molecular weight is 291 g/mol. The minimum Gasteiger partial charge on any atom is -0.463 e. The number of halogens is 1. The number of hydrogen-bond donors (Lipinski definition) is 2. The fraction of sp³-hybridized carbons (Fsp3) is 0.357. The second kappa shape index (κ2) is 6.83. The molecule has 6 nitrogen and oxygen atoms in total. The number of nitrogens with one attached hydrogen (secondary N) is 1. The fourth-order valence-electron chi connectivity index (χ4n) is 1.65.